The number of rotatable bonds is 5. The lowest BCUT2D eigenvalue weighted by Gasteiger charge is -2.20. The van der Waals surface area contributed by atoms with Crippen molar-refractivity contribution in [1.82, 2.24) is 29.5 Å². The zero-order valence-electron chi connectivity index (χ0n) is 16.3. The van der Waals surface area contributed by atoms with Crippen LogP contribution in [0, 0.1) is 0 Å². The summed E-state index contributed by atoms with van der Waals surface area (Å²) in [6.45, 7) is 2.64. The minimum absolute atomic E-state index is 0.0566. The van der Waals surface area contributed by atoms with Crippen LogP contribution in [0.25, 0.3) is 11.0 Å². The number of carbonyl (C=O) groups excluding carboxylic acids is 1. The van der Waals surface area contributed by atoms with Gasteiger partial charge < -0.3 is 10.6 Å². The van der Waals surface area contributed by atoms with E-state index >= 15 is 0 Å². The number of aromatic nitrogens is 4. The molecule has 3 aromatic rings. The Labute approximate surface area is 163 Å². The maximum absolute atomic E-state index is 12.3. The standard InChI is InChI=1S/C20H26N6O2/c1-24-17-6-5-14(10-18(17)25(2)20(24)28)11-22-19(27)13-26-9-7-16(23-26)15-4-3-8-21-12-15/h5-7,9-10,15,21H,3-4,8,11-13H2,1-2H3,(H,22,27). The van der Waals surface area contributed by atoms with Crippen LogP contribution in [0.4, 0.5) is 0 Å². The minimum atomic E-state index is -0.0848. The van der Waals surface area contributed by atoms with Gasteiger partial charge in [0.1, 0.15) is 6.54 Å². The van der Waals surface area contributed by atoms with E-state index in [9.17, 15) is 9.59 Å². The van der Waals surface area contributed by atoms with Crippen LogP contribution in [0.15, 0.2) is 35.3 Å². The van der Waals surface area contributed by atoms with Crippen molar-refractivity contribution in [1.29, 1.82) is 0 Å². The highest BCUT2D eigenvalue weighted by atomic mass is 16.2. The smallest absolute Gasteiger partial charge is 0.328 e. The van der Waals surface area contributed by atoms with E-state index in [-0.39, 0.29) is 18.1 Å². The molecule has 0 bridgehead atoms. The van der Waals surface area contributed by atoms with E-state index in [2.05, 4.69) is 15.7 Å². The number of nitrogens with one attached hydrogen (secondary N) is 2. The molecule has 2 aromatic heterocycles. The SMILES string of the molecule is Cn1c(=O)n(C)c2cc(CNC(=O)Cn3ccc(C4CCCNC4)n3)ccc21. The maximum atomic E-state index is 12.3. The molecule has 1 amide bonds. The van der Waals surface area contributed by atoms with E-state index in [0.29, 0.717) is 12.5 Å². The lowest BCUT2D eigenvalue weighted by molar-refractivity contribution is -0.122. The lowest BCUT2D eigenvalue weighted by atomic mass is 9.97. The third-order valence-electron chi connectivity index (χ3n) is 5.51. The van der Waals surface area contributed by atoms with Crippen molar-refractivity contribution >= 4 is 16.9 Å². The van der Waals surface area contributed by atoms with Crippen molar-refractivity contribution in [3.63, 3.8) is 0 Å². The van der Waals surface area contributed by atoms with Crippen LogP contribution in [0.5, 0.6) is 0 Å². The fourth-order valence-corrected chi connectivity index (χ4v) is 3.85. The van der Waals surface area contributed by atoms with Gasteiger partial charge in [0.25, 0.3) is 0 Å². The van der Waals surface area contributed by atoms with Crippen LogP contribution in [-0.2, 0) is 32.0 Å². The molecule has 1 fully saturated rings. The summed E-state index contributed by atoms with van der Waals surface area (Å²) in [6, 6.07) is 7.80. The Balaban J connectivity index is 1.37. The molecule has 1 unspecified atom stereocenters. The van der Waals surface area contributed by atoms with Gasteiger partial charge in [0.15, 0.2) is 0 Å². The lowest BCUT2D eigenvalue weighted by Crippen LogP contribution is -2.29. The number of hydrogen-bond acceptors (Lipinski definition) is 4. The van der Waals surface area contributed by atoms with Crippen LogP contribution in [0.2, 0.25) is 0 Å². The van der Waals surface area contributed by atoms with Gasteiger partial charge in [0.05, 0.1) is 16.7 Å². The van der Waals surface area contributed by atoms with Crippen LogP contribution in [0.1, 0.15) is 30.0 Å². The summed E-state index contributed by atoms with van der Waals surface area (Å²) >= 11 is 0. The van der Waals surface area contributed by atoms with E-state index in [0.717, 1.165) is 48.2 Å². The summed E-state index contributed by atoms with van der Waals surface area (Å²) in [6.07, 6.45) is 4.17. The van der Waals surface area contributed by atoms with Crippen molar-refractivity contribution in [2.24, 2.45) is 14.1 Å². The summed E-state index contributed by atoms with van der Waals surface area (Å²) in [5, 5.41) is 10.9. The van der Waals surface area contributed by atoms with E-state index in [4.69, 9.17) is 0 Å². The maximum Gasteiger partial charge on any atom is 0.328 e. The molecule has 4 rings (SSSR count). The van der Waals surface area contributed by atoms with Gasteiger partial charge >= 0.3 is 5.69 Å². The largest absolute Gasteiger partial charge is 0.350 e. The molecule has 0 saturated carbocycles. The van der Waals surface area contributed by atoms with Gasteiger partial charge in [-0.15, -0.1) is 0 Å². The molecule has 2 N–H and O–H groups in total. The number of aryl methyl sites for hydroxylation is 2. The number of imidazole rings is 1. The molecule has 1 aromatic carbocycles. The van der Waals surface area contributed by atoms with Gasteiger partial charge in [0.2, 0.25) is 5.91 Å². The fourth-order valence-electron chi connectivity index (χ4n) is 3.85. The minimum Gasteiger partial charge on any atom is -0.350 e. The molecule has 8 heteroatoms. The number of amides is 1. The second-order valence-corrected chi connectivity index (χ2v) is 7.48. The molecule has 148 valence electrons. The Morgan fingerprint density at radius 2 is 2.07 bits per heavy atom. The Hall–Kier alpha value is -2.87. The highest BCUT2D eigenvalue weighted by Crippen LogP contribution is 2.21. The molecule has 28 heavy (non-hydrogen) atoms. The normalized spacial score (nSPS) is 17.1. The van der Waals surface area contributed by atoms with E-state index in [1.54, 1.807) is 27.9 Å². The van der Waals surface area contributed by atoms with Crippen molar-refractivity contribution in [3.8, 4) is 0 Å². The first kappa shape index (κ1) is 18.5. The first-order valence-corrected chi connectivity index (χ1v) is 9.68. The Morgan fingerprint density at radius 1 is 1.25 bits per heavy atom. The Kier molecular flexibility index (Phi) is 5.04. The summed E-state index contributed by atoms with van der Waals surface area (Å²) in [4.78, 5) is 24.3. The topological polar surface area (TPSA) is 85.9 Å². The van der Waals surface area contributed by atoms with E-state index in [1.165, 1.54) is 0 Å². The number of nitrogens with zero attached hydrogens (tertiary/aromatic N) is 4. The average Bonchev–Trinajstić information content (AvgIpc) is 3.26. The van der Waals surface area contributed by atoms with Crippen molar-refractivity contribution in [2.45, 2.75) is 31.8 Å². The highest BCUT2D eigenvalue weighted by Gasteiger charge is 2.18. The number of piperidine rings is 1. The predicted octanol–water partition coefficient (Wildman–Crippen LogP) is 0.857. The molecular formula is C20H26N6O2. The molecule has 8 nitrogen and oxygen atoms in total. The summed E-state index contributed by atoms with van der Waals surface area (Å²) < 4.78 is 4.93. The summed E-state index contributed by atoms with van der Waals surface area (Å²) in [5.41, 5.74) is 3.69. The van der Waals surface area contributed by atoms with Gasteiger partial charge in [-0.25, -0.2) is 4.79 Å². The van der Waals surface area contributed by atoms with Gasteiger partial charge in [-0.05, 0) is 43.1 Å². The molecule has 1 aliphatic rings. The second kappa shape index (κ2) is 7.63. The van der Waals surface area contributed by atoms with E-state index < -0.39 is 0 Å². The van der Waals surface area contributed by atoms with Crippen molar-refractivity contribution in [3.05, 3.63) is 52.2 Å². The molecule has 1 saturated heterocycles. The number of hydrogen-bond donors (Lipinski definition) is 2. The van der Waals surface area contributed by atoms with Crippen molar-refractivity contribution in [2.75, 3.05) is 13.1 Å². The van der Waals surface area contributed by atoms with Crippen LogP contribution < -0.4 is 16.3 Å². The van der Waals surface area contributed by atoms with E-state index in [1.807, 2.05) is 30.5 Å². The summed E-state index contributed by atoms with van der Waals surface area (Å²) in [7, 11) is 3.51. The van der Waals surface area contributed by atoms with Crippen molar-refractivity contribution < 1.29 is 4.79 Å². The first-order valence-electron chi connectivity index (χ1n) is 9.68. The predicted molar refractivity (Wildman–Crippen MR) is 107 cm³/mol. The Bertz CT molecular complexity index is 1050. The fraction of sp³-hybridized carbons (Fsp3) is 0.450. The quantitative estimate of drug-likeness (QED) is 0.685. The highest BCUT2D eigenvalue weighted by molar-refractivity contribution is 5.78. The third-order valence-corrected chi connectivity index (χ3v) is 5.51. The molecule has 1 aliphatic heterocycles. The monoisotopic (exact) mass is 382 g/mol. The zero-order valence-corrected chi connectivity index (χ0v) is 16.3. The number of benzene rings is 1. The van der Waals surface area contributed by atoms with Crippen LogP contribution in [-0.4, -0.2) is 37.9 Å². The van der Waals surface area contributed by atoms with Gasteiger partial charge in [-0.3, -0.25) is 18.6 Å². The van der Waals surface area contributed by atoms with Crippen LogP contribution in [0.3, 0.4) is 0 Å². The van der Waals surface area contributed by atoms with Crippen LogP contribution >= 0.6 is 0 Å². The molecule has 3 heterocycles. The molecule has 1 atom stereocenters. The number of carbonyl (C=O) groups is 1. The summed E-state index contributed by atoms with van der Waals surface area (Å²) in [5.74, 6) is 0.348. The van der Waals surface area contributed by atoms with Gasteiger partial charge in [0, 0.05) is 39.3 Å². The molecular weight excluding hydrogens is 356 g/mol. The molecule has 0 radical (unpaired) electrons. The molecule has 0 spiro atoms. The second-order valence-electron chi connectivity index (χ2n) is 7.48. The first-order chi connectivity index (χ1) is 13.5. The zero-order chi connectivity index (χ0) is 19.7. The Morgan fingerprint density at radius 3 is 2.86 bits per heavy atom. The molecule has 0 aliphatic carbocycles. The third kappa shape index (κ3) is 3.60. The average molecular weight is 382 g/mol. The van der Waals surface area contributed by atoms with Gasteiger partial charge in [-0.2, -0.15) is 5.10 Å². The van der Waals surface area contributed by atoms with Gasteiger partial charge in [-0.1, -0.05) is 6.07 Å². The number of fused-ring (bicyclic) bond motifs is 1.